The molecule has 0 aliphatic rings. The van der Waals surface area contributed by atoms with Gasteiger partial charge in [0, 0.05) is 11.1 Å². The third-order valence-corrected chi connectivity index (χ3v) is 5.55. The van der Waals surface area contributed by atoms with E-state index in [1.807, 2.05) is 54.6 Å². The molecule has 0 aliphatic heterocycles. The molecular weight excluding hydrogens is 420 g/mol. The summed E-state index contributed by atoms with van der Waals surface area (Å²) in [6, 6.07) is 24.1. The van der Waals surface area contributed by atoms with E-state index in [-0.39, 0.29) is 5.97 Å². The van der Waals surface area contributed by atoms with Crippen molar-refractivity contribution in [1.82, 2.24) is 0 Å². The molecule has 0 aromatic heterocycles. The minimum absolute atomic E-state index is 0.381. The van der Waals surface area contributed by atoms with Gasteiger partial charge in [-0.1, -0.05) is 81.9 Å². The number of hydrogen-bond donors (Lipinski definition) is 0. The lowest BCUT2D eigenvalue weighted by molar-refractivity contribution is 0.0735. The molecule has 0 saturated heterocycles. The van der Waals surface area contributed by atoms with Crippen LogP contribution in [0.15, 0.2) is 78.9 Å². The van der Waals surface area contributed by atoms with E-state index in [0.717, 1.165) is 29.9 Å². The summed E-state index contributed by atoms with van der Waals surface area (Å²) in [5.74, 6) is 7.33. The summed E-state index contributed by atoms with van der Waals surface area (Å²) < 4.78 is 11.2. The van der Waals surface area contributed by atoms with Crippen molar-refractivity contribution in [1.29, 1.82) is 0 Å². The standard InChI is InChI=1S/C31H34O3/c1-2-3-4-5-6-7-8-12-25-33-29-23-19-27(20-24-29)16-15-26-17-21-28(22-18-26)31(32)34-30-13-10-9-11-14-30/h9-11,13-14,17-24H,2-8,12,25H2,1H3. The minimum atomic E-state index is -0.381. The highest BCUT2D eigenvalue weighted by molar-refractivity contribution is 5.91. The van der Waals surface area contributed by atoms with Gasteiger partial charge >= 0.3 is 5.97 Å². The highest BCUT2D eigenvalue weighted by Crippen LogP contribution is 2.15. The van der Waals surface area contributed by atoms with Gasteiger partial charge in [0.25, 0.3) is 0 Å². The third kappa shape index (κ3) is 9.16. The summed E-state index contributed by atoms with van der Waals surface area (Å²) in [6.45, 7) is 3.02. The first-order valence-corrected chi connectivity index (χ1v) is 12.4. The second-order valence-corrected chi connectivity index (χ2v) is 8.38. The molecule has 0 unspecified atom stereocenters. The van der Waals surface area contributed by atoms with Crippen LogP contribution < -0.4 is 9.47 Å². The zero-order valence-electron chi connectivity index (χ0n) is 20.1. The van der Waals surface area contributed by atoms with Gasteiger partial charge in [-0.15, -0.1) is 0 Å². The van der Waals surface area contributed by atoms with Crippen LogP contribution >= 0.6 is 0 Å². The van der Waals surface area contributed by atoms with E-state index < -0.39 is 0 Å². The van der Waals surface area contributed by atoms with Gasteiger partial charge in [-0.25, -0.2) is 4.79 Å². The number of esters is 1. The van der Waals surface area contributed by atoms with Crippen LogP contribution in [0.5, 0.6) is 11.5 Å². The highest BCUT2D eigenvalue weighted by Gasteiger charge is 2.07. The molecule has 0 bridgehead atoms. The fraction of sp³-hybridized carbons (Fsp3) is 0.323. The summed E-state index contributed by atoms with van der Waals surface area (Å²) in [7, 11) is 0. The average molecular weight is 455 g/mol. The van der Waals surface area contributed by atoms with Gasteiger partial charge in [0.1, 0.15) is 11.5 Å². The Kier molecular flexibility index (Phi) is 10.8. The Morgan fingerprint density at radius 3 is 1.82 bits per heavy atom. The summed E-state index contributed by atoms with van der Waals surface area (Å²) >= 11 is 0. The van der Waals surface area contributed by atoms with Crippen molar-refractivity contribution >= 4 is 5.97 Å². The fourth-order valence-corrected chi connectivity index (χ4v) is 3.55. The molecule has 0 radical (unpaired) electrons. The highest BCUT2D eigenvalue weighted by atomic mass is 16.5. The van der Waals surface area contributed by atoms with Gasteiger partial charge in [-0.05, 0) is 67.1 Å². The molecule has 0 saturated carbocycles. The molecule has 3 rings (SSSR count). The minimum Gasteiger partial charge on any atom is -0.494 e. The Morgan fingerprint density at radius 2 is 1.21 bits per heavy atom. The average Bonchev–Trinajstić information content (AvgIpc) is 2.88. The van der Waals surface area contributed by atoms with Crippen LogP contribution in [0.2, 0.25) is 0 Å². The van der Waals surface area contributed by atoms with Gasteiger partial charge in [0.05, 0.1) is 12.2 Å². The number of para-hydroxylation sites is 1. The maximum atomic E-state index is 12.2. The second-order valence-electron chi connectivity index (χ2n) is 8.38. The number of rotatable bonds is 12. The molecule has 3 aromatic rings. The maximum Gasteiger partial charge on any atom is 0.343 e. The number of benzene rings is 3. The Labute approximate surface area is 204 Å². The Morgan fingerprint density at radius 1 is 0.647 bits per heavy atom. The van der Waals surface area contributed by atoms with E-state index in [9.17, 15) is 4.79 Å². The van der Waals surface area contributed by atoms with E-state index in [4.69, 9.17) is 9.47 Å². The lowest BCUT2D eigenvalue weighted by atomic mass is 10.1. The summed E-state index contributed by atoms with van der Waals surface area (Å²) in [5.41, 5.74) is 2.26. The first-order valence-electron chi connectivity index (χ1n) is 12.4. The molecule has 0 spiro atoms. The quantitative estimate of drug-likeness (QED) is 0.121. The van der Waals surface area contributed by atoms with Crippen molar-refractivity contribution in [2.45, 2.75) is 58.3 Å². The SMILES string of the molecule is CCCCCCCCCCOc1ccc(C#Cc2ccc(C(=O)Oc3ccccc3)cc2)cc1. The molecule has 0 heterocycles. The van der Waals surface area contributed by atoms with Crippen molar-refractivity contribution < 1.29 is 14.3 Å². The van der Waals surface area contributed by atoms with Gasteiger partial charge in [-0.2, -0.15) is 0 Å². The Balaban J connectivity index is 1.39. The van der Waals surface area contributed by atoms with Crippen molar-refractivity contribution in [3.8, 4) is 23.3 Å². The van der Waals surface area contributed by atoms with Crippen LogP contribution in [0.4, 0.5) is 0 Å². The molecule has 3 nitrogen and oxygen atoms in total. The monoisotopic (exact) mass is 454 g/mol. The summed E-state index contributed by atoms with van der Waals surface area (Å²) in [6.07, 6.45) is 10.4. The van der Waals surface area contributed by atoms with Gasteiger partial charge in [-0.3, -0.25) is 0 Å². The van der Waals surface area contributed by atoms with Gasteiger partial charge in [0.2, 0.25) is 0 Å². The zero-order valence-corrected chi connectivity index (χ0v) is 20.1. The molecule has 0 aliphatic carbocycles. The van der Waals surface area contributed by atoms with E-state index in [0.29, 0.717) is 11.3 Å². The predicted octanol–water partition coefficient (Wildman–Crippen LogP) is 7.83. The summed E-state index contributed by atoms with van der Waals surface area (Å²) in [4.78, 5) is 12.2. The van der Waals surface area contributed by atoms with E-state index in [2.05, 4.69) is 18.8 Å². The fourth-order valence-electron chi connectivity index (χ4n) is 3.55. The molecule has 176 valence electrons. The van der Waals surface area contributed by atoms with Crippen LogP contribution in [0, 0.1) is 11.8 Å². The lowest BCUT2D eigenvalue weighted by Crippen LogP contribution is -2.08. The van der Waals surface area contributed by atoms with E-state index >= 15 is 0 Å². The Hall–Kier alpha value is -3.51. The molecular formula is C31H34O3. The maximum absolute atomic E-state index is 12.2. The molecule has 0 fully saturated rings. The normalized spacial score (nSPS) is 10.3. The van der Waals surface area contributed by atoms with Crippen molar-refractivity contribution in [2.24, 2.45) is 0 Å². The molecule has 34 heavy (non-hydrogen) atoms. The molecule has 3 aromatic carbocycles. The molecule has 0 N–H and O–H groups in total. The van der Waals surface area contributed by atoms with Crippen molar-refractivity contribution in [2.75, 3.05) is 6.61 Å². The third-order valence-electron chi connectivity index (χ3n) is 5.55. The Bertz CT molecular complexity index is 1040. The zero-order chi connectivity index (χ0) is 23.8. The number of carbonyl (C=O) groups excluding carboxylic acids is 1. The van der Waals surface area contributed by atoms with Crippen LogP contribution in [-0.4, -0.2) is 12.6 Å². The van der Waals surface area contributed by atoms with E-state index in [1.54, 1.807) is 24.3 Å². The number of hydrogen-bond acceptors (Lipinski definition) is 3. The predicted molar refractivity (Wildman–Crippen MR) is 138 cm³/mol. The number of unbranched alkanes of at least 4 members (excludes halogenated alkanes) is 7. The topological polar surface area (TPSA) is 35.5 Å². The summed E-state index contributed by atoms with van der Waals surface area (Å²) in [5, 5.41) is 0. The number of carbonyl (C=O) groups is 1. The number of ether oxygens (including phenoxy) is 2. The van der Waals surface area contributed by atoms with E-state index in [1.165, 1.54) is 44.9 Å². The van der Waals surface area contributed by atoms with Gasteiger partial charge in [0.15, 0.2) is 0 Å². The smallest absolute Gasteiger partial charge is 0.343 e. The second kappa shape index (κ2) is 14.6. The molecule has 3 heteroatoms. The molecule has 0 atom stereocenters. The first-order chi connectivity index (χ1) is 16.7. The van der Waals surface area contributed by atoms with Gasteiger partial charge < -0.3 is 9.47 Å². The van der Waals surface area contributed by atoms with Crippen LogP contribution in [-0.2, 0) is 0 Å². The van der Waals surface area contributed by atoms with Crippen molar-refractivity contribution in [3.05, 3.63) is 95.6 Å². The lowest BCUT2D eigenvalue weighted by Gasteiger charge is -2.06. The first kappa shape index (κ1) is 25.1. The van der Waals surface area contributed by atoms with Crippen LogP contribution in [0.25, 0.3) is 0 Å². The van der Waals surface area contributed by atoms with Crippen LogP contribution in [0.3, 0.4) is 0 Å². The molecule has 0 amide bonds. The largest absolute Gasteiger partial charge is 0.494 e. The van der Waals surface area contributed by atoms with Crippen molar-refractivity contribution in [3.63, 3.8) is 0 Å². The van der Waals surface area contributed by atoms with Crippen LogP contribution in [0.1, 0.15) is 79.8 Å².